The highest BCUT2D eigenvalue weighted by Gasteiger charge is 2.40. The summed E-state index contributed by atoms with van der Waals surface area (Å²) in [6.07, 6.45) is 5.28. The first-order valence-electron chi connectivity index (χ1n) is 9.58. The minimum absolute atomic E-state index is 0.139. The second kappa shape index (κ2) is 8.08. The maximum absolute atomic E-state index is 12.9. The van der Waals surface area contributed by atoms with Gasteiger partial charge in [-0.1, -0.05) is 6.42 Å². The van der Waals surface area contributed by atoms with Gasteiger partial charge in [-0.05, 0) is 55.7 Å². The summed E-state index contributed by atoms with van der Waals surface area (Å²) < 4.78 is 0. The van der Waals surface area contributed by atoms with E-state index in [4.69, 9.17) is 5.73 Å². The summed E-state index contributed by atoms with van der Waals surface area (Å²) in [5, 5.41) is 8.55. The number of amides is 3. The Kier molecular flexibility index (Phi) is 5.79. The molecule has 7 heteroatoms. The van der Waals surface area contributed by atoms with Crippen molar-refractivity contribution < 1.29 is 14.4 Å². The summed E-state index contributed by atoms with van der Waals surface area (Å²) in [5.41, 5.74) is 7.54. The van der Waals surface area contributed by atoms with Crippen molar-refractivity contribution in [3.63, 3.8) is 0 Å². The molecule has 2 unspecified atom stereocenters. The van der Waals surface area contributed by atoms with E-state index in [1.165, 1.54) is 20.3 Å². The van der Waals surface area contributed by atoms with Crippen LogP contribution in [0.5, 0.6) is 0 Å². The minimum atomic E-state index is -0.239. The van der Waals surface area contributed by atoms with E-state index in [-0.39, 0.29) is 29.8 Å². The highest BCUT2D eigenvalue weighted by molar-refractivity contribution is 6.00. The number of nitrogens with two attached hydrogens (primary N) is 1. The Labute approximate surface area is 159 Å². The Morgan fingerprint density at radius 3 is 1.93 bits per heavy atom. The van der Waals surface area contributed by atoms with E-state index in [2.05, 4.69) is 16.0 Å². The largest absolute Gasteiger partial charge is 0.349 e. The molecule has 2 atom stereocenters. The van der Waals surface area contributed by atoms with Gasteiger partial charge in [-0.25, -0.2) is 0 Å². The number of carbonyl (C=O) groups is 3. The SMILES string of the molecule is CC(=O)Nc1cc(NC(C)=O)cc(C(=O)NC2C3CCCC2CC(N)C3)c1. The molecule has 0 aromatic heterocycles. The van der Waals surface area contributed by atoms with Crippen LogP contribution in [0.1, 0.15) is 56.3 Å². The fourth-order valence-corrected chi connectivity index (χ4v) is 4.57. The van der Waals surface area contributed by atoms with Gasteiger partial charge in [-0.15, -0.1) is 0 Å². The van der Waals surface area contributed by atoms with Crippen molar-refractivity contribution in [2.75, 3.05) is 10.6 Å². The van der Waals surface area contributed by atoms with E-state index in [0.717, 1.165) is 25.7 Å². The Balaban J connectivity index is 1.80. The second-order valence-electron chi connectivity index (χ2n) is 7.84. The van der Waals surface area contributed by atoms with Crippen LogP contribution in [0.2, 0.25) is 0 Å². The Morgan fingerprint density at radius 2 is 1.44 bits per heavy atom. The van der Waals surface area contributed by atoms with Crippen LogP contribution in [0.3, 0.4) is 0 Å². The van der Waals surface area contributed by atoms with E-state index in [0.29, 0.717) is 28.8 Å². The van der Waals surface area contributed by atoms with Crippen molar-refractivity contribution in [1.82, 2.24) is 5.32 Å². The molecule has 2 aliphatic carbocycles. The number of hydrogen-bond donors (Lipinski definition) is 4. The van der Waals surface area contributed by atoms with Crippen LogP contribution in [0.4, 0.5) is 11.4 Å². The molecule has 146 valence electrons. The maximum Gasteiger partial charge on any atom is 0.251 e. The average Bonchev–Trinajstić information content (AvgIpc) is 2.54. The van der Waals surface area contributed by atoms with Crippen molar-refractivity contribution in [2.24, 2.45) is 17.6 Å². The van der Waals surface area contributed by atoms with Crippen LogP contribution in [-0.4, -0.2) is 29.8 Å². The summed E-state index contributed by atoms with van der Waals surface area (Å²) in [5.74, 6) is 0.176. The minimum Gasteiger partial charge on any atom is -0.349 e. The molecule has 5 N–H and O–H groups in total. The molecule has 27 heavy (non-hydrogen) atoms. The van der Waals surface area contributed by atoms with Crippen molar-refractivity contribution in [3.05, 3.63) is 23.8 Å². The molecule has 0 aliphatic heterocycles. The van der Waals surface area contributed by atoms with Gasteiger partial charge < -0.3 is 21.7 Å². The van der Waals surface area contributed by atoms with Crippen molar-refractivity contribution in [3.8, 4) is 0 Å². The van der Waals surface area contributed by atoms with Crippen LogP contribution in [0.15, 0.2) is 18.2 Å². The molecule has 0 heterocycles. The number of carbonyl (C=O) groups excluding carboxylic acids is 3. The predicted molar refractivity (Wildman–Crippen MR) is 104 cm³/mol. The third-order valence-electron chi connectivity index (χ3n) is 5.51. The van der Waals surface area contributed by atoms with Crippen LogP contribution in [0.25, 0.3) is 0 Å². The number of fused-ring (bicyclic) bond motifs is 2. The Hall–Kier alpha value is -2.41. The monoisotopic (exact) mass is 372 g/mol. The molecular weight excluding hydrogens is 344 g/mol. The van der Waals surface area contributed by atoms with Crippen LogP contribution >= 0.6 is 0 Å². The number of hydrogen-bond acceptors (Lipinski definition) is 4. The van der Waals surface area contributed by atoms with Crippen LogP contribution < -0.4 is 21.7 Å². The molecule has 3 rings (SSSR count). The summed E-state index contributed by atoms with van der Waals surface area (Å²) in [4.78, 5) is 35.7. The molecule has 2 fully saturated rings. The first kappa shape index (κ1) is 19.4. The zero-order chi connectivity index (χ0) is 19.6. The molecule has 0 radical (unpaired) electrons. The number of benzene rings is 1. The predicted octanol–water partition coefficient (Wildman–Crippen LogP) is 2.24. The van der Waals surface area contributed by atoms with Crippen LogP contribution in [0, 0.1) is 11.8 Å². The highest BCUT2D eigenvalue weighted by atomic mass is 16.2. The van der Waals surface area contributed by atoms with Gasteiger partial charge in [0, 0.05) is 42.9 Å². The number of nitrogens with one attached hydrogen (secondary N) is 3. The lowest BCUT2D eigenvalue weighted by Crippen LogP contribution is -2.53. The topological polar surface area (TPSA) is 113 Å². The smallest absolute Gasteiger partial charge is 0.251 e. The third-order valence-corrected chi connectivity index (χ3v) is 5.51. The zero-order valence-corrected chi connectivity index (χ0v) is 15.9. The molecule has 2 bridgehead atoms. The van der Waals surface area contributed by atoms with Gasteiger partial charge in [0.05, 0.1) is 0 Å². The van der Waals surface area contributed by atoms with Crippen molar-refractivity contribution in [2.45, 2.75) is 58.0 Å². The number of anilines is 2. The molecule has 2 saturated carbocycles. The first-order chi connectivity index (χ1) is 12.8. The van der Waals surface area contributed by atoms with Crippen LogP contribution in [-0.2, 0) is 9.59 Å². The standard InChI is InChI=1S/C20H28N4O3/c1-11(25)22-17-8-15(9-18(10-17)23-12(2)26)20(27)24-19-13-4-3-5-14(19)7-16(21)6-13/h8-10,13-14,16,19H,3-7,21H2,1-2H3,(H,22,25)(H,23,26)(H,24,27). The fourth-order valence-electron chi connectivity index (χ4n) is 4.57. The molecule has 0 saturated heterocycles. The molecule has 0 spiro atoms. The molecule has 7 nitrogen and oxygen atoms in total. The molecule has 1 aromatic rings. The Morgan fingerprint density at radius 1 is 0.926 bits per heavy atom. The zero-order valence-electron chi connectivity index (χ0n) is 15.9. The summed E-state index contributed by atoms with van der Waals surface area (Å²) in [6, 6.07) is 5.26. The average molecular weight is 372 g/mol. The molecule has 3 amide bonds. The van der Waals surface area contributed by atoms with Gasteiger partial charge in [0.1, 0.15) is 0 Å². The van der Waals surface area contributed by atoms with E-state index in [9.17, 15) is 14.4 Å². The van der Waals surface area contributed by atoms with Gasteiger partial charge in [0.2, 0.25) is 11.8 Å². The van der Waals surface area contributed by atoms with E-state index in [1.54, 1.807) is 18.2 Å². The summed E-state index contributed by atoms with van der Waals surface area (Å²) in [7, 11) is 0. The van der Waals surface area contributed by atoms with Gasteiger partial charge in [0.25, 0.3) is 5.91 Å². The normalized spacial score (nSPS) is 26.8. The van der Waals surface area contributed by atoms with E-state index < -0.39 is 0 Å². The second-order valence-corrected chi connectivity index (χ2v) is 7.84. The molecule has 2 aliphatic rings. The lowest BCUT2D eigenvalue weighted by Gasteiger charge is -2.45. The fraction of sp³-hybridized carbons (Fsp3) is 0.550. The lowest BCUT2D eigenvalue weighted by molar-refractivity contribution is -0.115. The molecular formula is C20H28N4O3. The van der Waals surface area contributed by atoms with Crippen molar-refractivity contribution >= 4 is 29.1 Å². The van der Waals surface area contributed by atoms with Gasteiger partial charge in [-0.2, -0.15) is 0 Å². The highest BCUT2D eigenvalue weighted by Crippen LogP contribution is 2.39. The number of rotatable bonds is 4. The lowest BCUT2D eigenvalue weighted by atomic mass is 9.67. The first-order valence-corrected chi connectivity index (χ1v) is 9.58. The van der Waals surface area contributed by atoms with Crippen molar-refractivity contribution in [1.29, 1.82) is 0 Å². The summed E-state index contributed by atoms with van der Waals surface area (Å²) in [6.45, 7) is 2.80. The Bertz CT molecular complexity index is 700. The van der Waals surface area contributed by atoms with Gasteiger partial charge in [0.15, 0.2) is 0 Å². The van der Waals surface area contributed by atoms with Gasteiger partial charge in [-0.3, -0.25) is 14.4 Å². The maximum atomic E-state index is 12.9. The summed E-state index contributed by atoms with van der Waals surface area (Å²) >= 11 is 0. The van der Waals surface area contributed by atoms with E-state index >= 15 is 0 Å². The van der Waals surface area contributed by atoms with Gasteiger partial charge >= 0.3 is 0 Å². The molecule has 1 aromatic carbocycles. The third kappa shape index (κ3) is 4.86. The van der Waals surface area contributed by atoms with E-state index in [1.807, 2.05) is 0 Å². The quantitative estimate of drug-likeness (QED) is 0.649.